The summed E-state index contributed by atoms with van der Waals surface area (Å²) >= 11 is 0. The van der Waals surface area contributed by atoms with Gasteiger partial charge in [-0.25, -0.2) is 0 Å². The summed E-state index contributed by atoms with van der Waals surface area (Å²) in [6.07, 6.45) is 4.04. The fraction of sp³-hybridized carbons (Fsp3) is 0.412. The lowest BCUT2D eigenvalue weighted by atomic mass is 10.0. The van der Waals surface area contributed by atoms with Gasteiger partial charge < -0.3 is 19.4 Å². The quantitative estimate of drug-likeness (QED) is 0.916. The fourth-order valence-electron chi connectivity index (χ4n) is 2.79. The zero-order valence-electron chi connectivity index (χ0n) is 12.4. The van der Waals surface area contributed by atoms with Crippen LogP contribution >= 0.6 is 0 Å². The molecule has 0 radical (unpaired) electrons. The van der Waals surface area contributed by atoms with Gasteiger partial charge in [-0.3, -0.25) is 0 Å². The van der Waals surface area contributed by atoms with Gasteiger partial charge in [0.25, 0.3) is 0 Å². The van der Waals surface area contributed by atoms with Crippen LogP contribution in [0.25, 0.3) is 0 Å². The first-order chi connectivity index (χ1) is 10.3. The molecule has 1 N–H and O–H groups in total. The van der Waals surface area contributed by atoms with E-state index >= 15 is 0 Å². The third kappa shape index (κ3) is 3.58. The van der Waals surface area contributed by atoms with Gasteiger partial charge in [-0.15, -0.1) is 0 Å². The highest BCUT2D eigenvalue weighted by atomic mass is 16.5. The lowest BCUT2D eigenvalue weighted by Crippen LogP contribution is -2.42. The lowest BCUT2D eigenvalue weighted by molar-refractivity contribution is 0.388. The standard InChI is InChI=1S/C17H22N2O2/c1-20-16-6-4-15(5-7-16)19-10-8-14(9-11-19)18-13-17-3-2-12-21-17/h2-7,12,14,18H,8-11,13H2,1H3. The van der Waals surface area contributed by atoms with Gasteiger partial charge in [-0.1, -0.05) is 0 Å². The second-order valence-corrected chi connectivity index (χ2v) is 5.42. The zero-order chi connectivity index (χ0) is 14.5. The molecule has 21 heavy (non-hydrogen) atoms. The summed E-state index contributed by atoms with van der Waals surface area (Å²) in [7, 11) is 1.70. The third-order valence-electron chi connectivity index (χ3n) is 4.08. The van der Waals surface area contributed by atoms with Crippen molar-refractivity contribution in [3.8, 4) is 5.75 Å². The first-order valence-corrected chi connectivity index (χ1v) is 7.50. The summed E-state index contributed by atoms with van der Waals surface area (Å²) in [5.74, 6) is 1.92. The highest BCUT2D eigenvalue weighted by Gasteiger charge is 2.19. The molecule has 1 saturated heterocycles. The van der Waals surface area contributed by atoms with Crippen molar-refractivity contribution in [1.29, 1.82) is 0 Å². The molecular formula is C17H22N2O2. The summed E-state index contributed by atoms with van der Waals surface area (Å²) < 4.78 is 10.6. The van der Waals surface area contributed by atoms with Crippen molar-refractivity contribution < 1.29 is 9.15 Å². The number of hydrogen-bond acceptors (Lipinski definition) is 4. The summed E-state index contributed by atoms with van der Waals surface area (Å²) in [6, 6.07) is 12.8. The molecule has 0 saturated carbocycles. The minimum atomic E-state index is 0.574. The minimum Gasteiger partial charge on any atom is -0.497 e. The number of benzene rings is 1. The summed E-state index contributed by atoms with van der Waals surface area (Å²) in [5.41, 5.74) is 1.28. The molecular weight excluding hydrogens is 264 g/mol. The third-order valence-corrected chi connectivity index (χ3v) is 4.08. The van der Waals surface area contributed by atoms with Gasteiger partial charge in [0.2, 0.25) is 0 Å². The molecule has 1 aliphatic heterocycles. The van der Waals surface area contributed by atoms with Crippen LogP contribution in [0.1, 0.15) is 18.6 Å². The molecule has 1 aromatic heterocycles. The van der Waals surface area contributed by atoms with Crippen molar-refractivity contribution in [2.75, 3.05) is 25.1 Å². The molecule has 0 atom stereocenters. The largest absolute Gasteiger partial charge is 0.497 e. The van der Waals surface area contributed by atoms with Crippen LogP contribution in [0.2, 0.25) is 0 Å². The SMILES string of the molecule is COc1ccc(N2CCC(NCc3ccco3)CC2)cc1. The molecule has 0 aliphatic carbocycles. The zero-order valence-corrected chi connectivity index (χ0v) is 12.4. The van der Waals surface area contributed by atoms with Crippen molar-refractivity contribution in [2.45, 2.75) is 25.4 Å². The maximum absolute atomic E-state index is 5.35. The summed E-state index contributed by atoms with van der Waals surface area (Å²) in [4.78, 5) is 2.44. The highest BCUT2D eigenvalue weighted by molar-refractivity contribution is 5.49. The molecule has 1 aromatic carbocycles. The molecule has 4 heteroatoms. The molecule has 0 amide bonds. The number of methoxy groups -OCH3 is 1. The number of nitrogens with one attached hydrogen (secondary N) is 1. The maximum Gasteiger partial charge on any atom is 0.119 e. The smallest absolute Gasteiger partial charge is 0.119 e. The second-order valence-electron chi connectivity index (χ2n) is 5.42. The monoisotopic (exact) mass is 286 g/mol. The molecule has 0 spiro atoms. The fourth-order valence-corrected chi connectivity index (χ4v) is 2.79. The van der Waals surface area contributed by atoms with E-state index in [-0.39, 0.29) is 0 Å². The van der Waals surface area contributed by atoms with Crippen molar-refractivity contribution in [1.82, 2.24) is 5.32 Å². The molecule has 112 valence electrons. The van der Waals surface area contributed by atoms with E-state index in [1.165, 1.54) is 5.69 Å². The summed E-state index contributed by atoms with van der Waals surface area (Å²) in [5, 5.41) is 3.57. The lowest BCUT2D eigenvalue weighted by Gasteiger charge is -2.34. The van der Waals surface area contributed by atoms with Gasteiger partial charge in [-0.2, -0.15) is 0 Å². The Morgan fingerprint density at radius 2 is 1.95 bits per heavy atom. The van der Waals surface area contributed by atoms with E-state index in [1.54, 1.807) is 13.4 Å². The normalized spacial score (nSPS) is 16.1. The number of anilines is 1. The van der Waals surface area contributed by atoms with Crippen LogP contribution < -0.4 is 15.0 Å². The molecule has 0 bridgehead atoms. The van der Waals surface area contributed by atoms with Crippen LogP contribution in [-0.4, -0.2) is 26.2 Å². The van der Waals surface area contributed by atoms with Crippen molar-refractivity contribution >= 4 is 5.69 Å². The van der Waals surface area contributed by atoms with E-state index in [0.29, 0.717) is 6.04 Å². The minimum absolute atomic E-state index is 0.574. The molecule has 2 heterocycles. The molecule has 0 unspecified atom stereocenters. The van der Waals surface area contributed by atoms with E-state index < -0.39 is 0 Å². The first-order valence-electron chi connectivity index (χ1n) is 7.50. The van der Waals surface area contributed by atoms with Crippen molar-refractivity contribution in [3.63, 3.8) is 0 Å². The van der Waals surface area contributed by atoms with Gasteiger partial charge in [0.05, 0.1) is 19.9 Å². The van der Waals surface area contributed by atoms with E-state index in [2.05, 4.69) is 22.3 Å². The Hall–Kier alpha value is -1.94. The Bertz CT molecular complexity index is 528. The van der Waals surface area contributed by atoms with Gasteiger partial charge in [0.15, 0.2) is 0 Å². The van der Waals surface area contributed by atoms with Crippen LogP contribution in [0, 0.1) is 0 Å². The van der Waals surface area contributed by atoms with Crippen molar-refractivity contribution in [2.24, 2.45) is 0 Å². The maximum atomic E-state index is 5.35. The second kappa shape index (κ2) is 6.68. The van der Waals surface area contributed by atoms with E-state index in [0.717, 1.165) is 44.0 Å². The number of hydrogen-bond donors (Lipinski definition) is 1. The van der Waals surface area contributed by atoms with Crippen molar-refractivity contribution in [3.05, 3.63) is 48.4 Å². The number of ether oxygens (including phenoxy) is 1. The Labute approximate surface area is 125 Å². The van der Waals surface area contributed by atoms with Gasteiger partial charge in [-0.05, 0) is 49.2 Å². The van der Waals surface area contributed by atoms with Crippen LogP contribution in [0.3, 0.4) is 0 Å². The Morgan fingerprint density at radius 1 is 1.19 bits per heavy atom. The van der Waals surface area contributed by atoms with Crippen LogP contribution in [-0.2, 0) is 6.54 Å². The van der Waals surface area contributed by atoms with E-state index in [4.69, 9.17) is 9.15 Å². The number of nitrogens with zero attached hydrogens (tertiary/aromatic N) is 1. The molecule has 2 aromatic rings. The Balaban J connectivity index is 1.47. The predicted molar refractivity (Wildman–Crippen MR) is 83.8 cm³/mol. The van der Waals surface area contributed by atoms with Crippen LogP contribution in [0.4, 0.5) is 5.69 Å². The van der Waals surface area contributed by atoms with E-state index in [9.17, 15) is 0 Å². The predicted octanol–water partition coefficient (Wildman–Crippen LogP) is 3.05. The van der Waals surface area contributed by atoms with E-state index in [1.807, 2.05) is 24.3 Å². The average Bonchev–Trinajstić information content (AvgIpc) is 3.07. The van der Waals surface area contributed by atoms with Gasteiger partial charge in [0.1, 0.15) is 11.5 Å². The highest BCUT2D eigenvalue weighted by Crippen LogP contribution is 2.22. The van der Waals surface area contributed by atoms with Gasteiger partial charge in [0, 0.05) is 24.8 Å². The summed E-state index contributed by atoms with van der Waals surface area (Å²) in [6.45, 7) is 2.99. The average molecular weight is 286 g/mol. The topological polar surface area (TPSA) is 37.6 Å². The van der Waals surface area contributed by atoms with Crippen LogP contribution in [0.15, 0.2) is 47.1 Å². The molecule has 1 aliphatic rings. The molecule has 3 rings (SSSR count). The van der Waals surface area contributed by atoms with Gasteiger partial charge >= 0.3 is 0 Å². The molecule has 4 nitrogen and oxygen atoms in total. The number of furan rings is 1. The van der Waals surface area contributed by atoms with Crippen LogP contribution in [0.5, 0.6) is 5.75 Å². The first kappa shape index (κ1) is 14.0. The number of rotatable bonds is 5. The Morgan fingerprint density at radius 3 is 2.57 bits per heavy atom. The molecule has 1 fully saturated rings. The number of piperidine rings is 1. The Kier molecular flexibility index (Phi) is 4.46.